The maximum atomic E-state index is 11.7. The second-order valence-corrected chi connectivity index (χ2v) is 6.80. The molecule has 0 unspecified atom stereocenters. The third-order valence-corrected chi connectivity index (χ3v) is 4.48. The third-order valence-electron chi connectivity index (χ3n) is 3.49. The minimum atomic E-state index is -1.24. The van der Waals surface area contributed by atoms with E-state index >= 15 is 0 Å². The van der Waals surface area contributed by atoms with Gasteiger partial charge in [-0.2, -0.15) is 5.10 Å². The summed E-state index contributed by atoms with van der Waals surface area (Å²) in [5, 5.41) is 28.2. The number of carbonyl (C=O) groups is 1. The topological polar surface area (TPSA) is 110 Å². The van der Waals surface area contributed by atoms with E-state index in [0.29, 0.717) is 10.7 Å². The Morgan fingerprint density at radius 3 is 2.65 bits per heavy atom. The molecule has 2 aromatic carbocycles. The molecular formula is C16H10ClIN4O4. The molecule has 0 atom stereocenters. The van der Waals surface area contributed by atoms with Crippen molar-refractivity contribution < 1.29 is 14.8 Å². The average Bonchev–Trinajstić information content (AvgIpc) is 3.11. The number of hydrogen-bond acceptors (Lipinski definition) is 5. The lowest BCUT2D eigenvalue weighted by Gasteiger charge is -2.13. The highest BCUT2D eigenvalue weighted by Crippen LogP contribution is 2.34. The zero-order chi connectivity index (χ0) is 18.8. The van der Waals surface area contributed by atoms with Crippen LogP contribution >= 0.6 is 34.2 Å². The number of hydrogen-bond donors (Lipinski definition) is 2. The van der Waals surface area contributed by atoms with Crippen LogP contribution in [0, 0.1) is 13.7 Å². The number of benzene rings is 2. The van der Waals surface area contributed by atoms with Crippen LogP contribution in [0.25, 0.3) is 5.69 Å². The highest BCUT2D eigenvalue weighted by atomic mass is 127. The van der Waals surface area contributed by atoms with Crippen LogP contribution in [0.15, 0.2) is 48.8 Å². The summed E-state index contributed by atoms with van der Waals surface area (Å²) in [6.45, 7) is 0. The van der Waals surface area contributed by atoms with Crippen molar-refractivity contribution >= 4 is 57.2 Å². The molecule has 132 valence electrons. The number of nitrogens with zero attached hydrogens (tertiary/aromatic N) is 3. The van der Waals surface area contributed by atoms with Crippen LogP contribution in [0.5, 0.6) is 0 Å². The Bertz CT molecular complexity index is 1010. The van der Waals surface area contributed by atoms with Gasteiger partial charge >= 0.3 is 5.97 Å². The molecule has 0 aliphatic rings. The molecule has 3 aromatic rings. The molecule has 0 amide bonds. The molecule has 0 fully saturated rings. The third kappa shape index (κ3) is 3.63. The molecule has 0 aliphatic carbocycles. The number of halogens is 2. The van der Waals surface area contributed by atoms with E-state index in [0.717, 1.165) is 9.64 Å². The number of nitro benzene ring substituents is 1. The van der Waals surface area contributed by atoms with Gasteiger partial charge in [0.1, 0.15) is 5.69 Å². The van der Waals surface area contributed by atoms with E-state index in [4.69, 9.17) is 11.6 Å². The van der Waals surface area contributed by atoms with Crippen molar-refractivity contribution in [3.8, 4) is 5.69 Å². The molecule has 3 rings (SSSR count). The Labute approximate surface area is 165 Å². The van der Waals surface area contributed by atoms with Crippen molar-refractivity contribution in [2.45, 2.75) is 0 Å². The van der Waals surface area contributed by atoms with Gasteiger partial charge in [-0.05, 0) is 52.9 Å². The lowest BCUT2D eigenvalue weighted by Crippen LogP contribution is -2.08. The van der Waals surface area contributed by atoms with Crippen molar-refractivity contribution in [1.29, 1.82) is 0 Å². The predicted molar refractivity (Wildman–Crippen MR) is 105 cm³/mol. The Hall–Kier alpha value is -2.66. The van der Waals surface area contributed by atoms with Crippen molar-refractivity contribution in [2.24, 2.45) is 0 Å². The van der Waals surface area contributed by atoms with E-state index in [-0.39, 0.29) is 22.6 Å². The molecule has 26 heavy (non-hydrogen) atoms. The first-order chi connectivity index (χ1) is 12.4. The van der Waals surface area contributed by atoms with Crippen LogP contribution in [0.2, 0.25) is 5.02 Å². The lowest BCUT2D eigenvalue weighted by molar-refractivity contribution is -0.384. The fraction of sp³-hybridized carbons (Fsp3) is 0. The number of rotatable bonds is 5. The molecule has 0 saturated carbocycles. The van der Waals surface area contributed by atoms with Crippen LogP contribution in [0.3, 0.4) is 0 Å². The Morgan fingerprint density at radius 2 is 2.08 bits per heavy atom. The van der Waals surface area contributed by atoms with Gasteiger partial charge in [-0.3, -0.25) is 10.1 Å². The first kappa shape index (κ1) is 18.1. The maximum absolute atomic E-state index is 11.7. The quantitative estimate of drug-likeness (QED) is 0.314. The first-order valence-electron chi connectivity index (χ1n) is 7.14. The van der Waals surface area contributed by atoms with E-state index in [9.17, 15) is 20.0 Å². The van der Waals surface area contributed by atoms with Gasteiger partial charge in [0.2, 0.25) is 0 Å². The average molecular weight is 485 g/mol. The summed E-state index contributed by atoms with van der Waals surface area (Å²) in [5.74, 6) is -1.24. The minimum absolute atomic E-state index is 0.0525. The molecule has 10 heteroatoms. The van der Waals surface area contributed by atoms with Crippen molar-refractivity contribution in [1.82, 2.24) is 9.78 Å². The second kappa shape index (κ2) is 7.30. The summed E-state index contributed by atoms with van der Waals surface area (Å²) in [6, 6.07) is 9.09. The fourth-order valence-corrected chi connectivity index (χ4v) is 3.24. The van der Waals surface area contributed by atoms with E-state index in [1.165, 1.54) is 23.1 Å². The molecule has 0 radical (unpaired) electrons. The minimum Gasteiger partial charge on any atom is -0.478 e. The standard InChI is InChI=1S/C16H10ClIN4O4/c17-11-6-9(18)2-3-12(11)20-13-8-15(22(25)26)14(7-10(13)16(23)24)21-5-1-4-19-21/h1-8,20H,(H,23,24). The molecule has 8 nitrogen and oxygen atoms in total. The number of carboxylic acids is 1. The van der Waals surface area contributed by atoms with E-state index in [1.807, 2.05) is 0 Å². The summed E-state index contributed by atoms with van der Waals surface area (Å²) in [6.07, 6.45) is 2.94. The molecule has 0 saturated heterocycles. The molecule has 1 heterocycles. The van der Waals surface area contributed by atoms with E-state index in [1.54, 1.807) is 24.3 Å². The summed E-state index contributed by atoms with van der Waals surface area (Å²) < 4.78 is 2.14. The predicted octanol–water partition coefficient (Wildman–Crippen LogP) is 4.48. The smallest absolute Gasteiger partial charge is 0.337 e. The van der Waals surface area contributed by atoms with Crippen molar-refractivity contribution in [3.05, 3.63) is 73.1 Å². The molecule has 0 spiro atoms. The molecule has 0 bridgehead atoms. The molecular weight excluding hydrogens is 475 g/mol. The molecule has 0 aliphatic heterocycles. The number of anilines is 2. The van der Waals surface area contributed by atoms with Crippen molar-refractivity contribution in [2.75, 3.05) is 5.32 Å². The Kier molecular flexibility index (Phi) is 5.09. The number of nitrogens with one attached hydrogen (secondary N) is 1. The summed E-state index contributed by atoms with van der Waals surface area (Å²) >= 11 is 8.25. The monoisotopic (exact) mass is 484 g/mol. The van der Waals surface area contributed by atoms with Gasteiger partial charge in [-0.1, -0.05) is 11.6 Å². The highest BCUT2D eigenvalue weighted by molar-refractivity contribution is 14.1. The van der Waals surface area contributed by atoms with Crippen LogP contribution in [0.1, 0.15) is 10.4 Å². The van der Waals surface area contributed by atoms with Crippen LogP contribution in [-0.2, 0) is 0 Å². The number of nitro groups is 1. The normalized spacial score (nSPS) is 10.5. The van der Waals surface area contributed by atoms with Crippen LogP contribution < -0.4 is 5.32 Å². The fourth-order valence-electron chi connectivity index (χ4n) is 2.33. The number of aromatic carboxylic acids is 1. The van der Waals surface area contributed by atoms with Gasteiger partial charge in [0.25, 0.3) is 5.69 Å². The van der Waals surface area contributed by atoms with Gasteiger partial charge in [-0.25, -0.2) is 9.48 Å². The van der Waals surface area contributed by atoms with Gasteiger partial charge in [0, 0.05) is 22.0 Å². The zero-order valence-corrected chi connectivity index (χ0v) is 15.8. The van der Waals surface area contributed by atoms with Crippen LogP contribution in [0.4, 0.5) is 17.1 Å². The Morgan fingerprint density at radius 1 is 1.31 bits per heavy atom. The zero-order valence-electron chi connectivity index (χ0n) is 12.9. The van der Waals surface area contributed by atoms with Gasteiger partial charge in [-0.15, -0.1) is 0 Å². The Balaban J connectivity index is 2.16. The largest absolute Gasteiger partial charge is 0.478 e. The highest BCUT2D eigenvalue weighted by Gasteiger charge is 2.23. The second-order valence-electron chi connectivity index (χ2n) is 5.15. The lowest BCUT2D eigenvalue weighted by atomic mass is 10.1. The summed E-state index contributed by atoms with van der Waals surface area (Å²) in [7, 11) is 0. The number of aromatic nitrogens is 2. The van der Waals surface area contributed by atoms with Crippen molar-refractivity contribution in [3.63, 3.8) is 0 Å². The number of carboxylic acid groups (broad SMARTS) is 1. The van der Waals surface area contributed by atoms with Gasteiger partial charge < -0.3 is 10.4 Å². The summed E-state index contributed by atoms with van der Waals surface area (Å²) in [4.78, 5) is 22.6. The first-order valence-corrected chi connectivity index (χ1v) is 8.60. The van der Waals surface area contributed by atoms with Crippen LogP contribution in [-0.4, -0.2) is 25.8 Å². The van der Waals surface area contributed by atoms with E-state index in [2.05, 4.69) is 33.0 Å². The van der Waals surface area contributed by atoms with E-state index < -0.39 is 10.9 Å². The maximum Gasteiger partial charge on any atom is 0.337 e. The SMILES string of the molecule is O=C(O)c1cc(-n2cccn2)c([N+](=O)[O-])cc1Nc1ccc(I)cc1Cl. The molecule has 1 aromatic heterocycles. The van der Waals surface area contributed by atoms with Gasteiger partial charge in [0.05, 0.1) is 26.9 Å². The summed E-state index contributed by atoms with van der Waals surface area (Å²) in [5.41, 5.74) is 0.120. The molecule has 2 N–H and O–H groups in total. The van der Waals surface area contributed by atoms with Gasteiger partial charge in [0.15, 0.2) is 0 Å².